The number of aromatic carboxylic acids is 1. The van der Waals surface area contributed by atoms with E-state index in [1.54, 1.807) is 24.3 Å². The molecule has 0 radical (unpaired) electrons. The van der Waals surface area contributed by atoms with Crippen LogP contribution in [0, 0.1) is 0 Å². The quantitative estimate of drug-likeness (QED) is 0.930. The largest absolute Gasteiger partial charge is 0.478 e. The van der Waals surface area contributed by atoms with Gasteiger partial charge in [0, 0.05) is 30.2 Å². The van der Waals surface area contributed by atoms with Gasteiger partial charge in [0.05, 0.1) is 5.56 Å². The van der Waals surface area contributed by atoms with Crippen molar-refractivity contribution < 1.29 is 9.90 Å². The van der Waals surface area contributed by atoms with Gasteiger partial charge in [0.1, 0.15) is 5.82 Å². The molecule has 1 heterocycles. The van der Waals surface area contributed by atoms with E-state index in [-0.39, 0.29) is 5.56 Å². The van der Waals surface area contributed by atoms with Gasteiger partial charge < -0.3 is 10.0 Å². The van der Waals surface area contributed by atoms with Crippen molar-refractivity contribution in [2.75, 3.05) is 11.9 Å². The Hall–Kier alpha value is -1.95. The summed E-state index contributed by atoms with van der Waals surface area (Å²) in [5.74, 6) is 0.203. The average molecular weight is 277 g/mol. The first-order valence-electron chi connectivity index (χ1n) is 5.89. The van der Waals surface area contributed by atoms with Crippen molar-refractivity contribution >= 4 is 28.3 Å². The van der Waals surface area contributed by atoms with Gasteiger partial charge in [-0.2, -0.15) is 4.37 Å². The molecule has 1 N–H and O–H groups in total. The predicted octanol–water partition coefficient (Wildman–Crippen LogP) is 3.13. The third kappa shape index (κ3) is 2.90. The number of anilines is 2. The molecular formula is C13H15N3O2S. The summed E-state index contributed by atoms with van der Waals surface area (Å²) in [5, 5.41) is 9.66. The topological polar surface area (TPSA) is 66.3 Å². The van der Waals surface area contributed by atoms with Crippen LogP contribution in [0.4, 0.5) is 10.8 Å². The molecule has 0 bridgehead atoms. The lowest BCUT2D eigenvalue weighted by Crippen LogP contribution is -2.09. The van der Waals surface area contributed by atoms with Crippen LogP contribution >= 0.6 is 11.5 Å². The first kappa shape index (κ1) is 13.5. The normalized spacial score (nSPS) is 10.7. The molecule has 2 rings (SSSR count). The number of aromatic nitrogens is 2. The predicted molar refractivity (Wildman–Crippen MR) is 75.5 cm³/mol. The molecule has 6 heteroatoms. The number of hydrogen-bond acceptors (Lipinski definition) is 5. The number of rotatable bonds is 4. The van der Waals surface area contributed by atoms with Crippen molar-refractivity contribution in [1.29, 1.82) is 0 Å². The van der Waals surface area contributed by atoms with Gasteiger partial charge in [0.15, 0.2) is 0 Å². The number of benzene rings is 1. The zero-order valence-corrected chi connectivity index (χ0v) is 11.8. The number of carbonyl (C=O) groups is 1. The fourth-order valence-corrected chi connectivity index (χ4v) is 2.32. The van der Waals surface area contributed by atoms with Crippen molar-refractivity contribution in [3.05, 3.63) is 35.7 Å². The third-order valence-electron chi connectivity index (χ3n) is 2.74. The van der Waals surface area contributed by atoms with Crippen LogP contribution in [0.1, 0.15) is 35.9 Å². The van der Waals surface area contributed by atoms with Crippen LogP contribution in [0.15, 0.2) is 24.3 Å². The van der Waals surface area contributed by atoms with E-state index in [4.69, 9.17) is 5.11 Å². The van der Waals surface area contributed by atoms with Gasteiger partial charge in [-0.1, -0.05) is 13.8 Å². The first-order chi connectivity index (χ1) is 8.99. The van der Waals surface area contributed by atoms with Crippen LogP contribution < -0.4 is 4.90 Å². The number of carboxylic acids is 1. The number of nitrogens with zero attached hydrogens (tertiary/aromatic N) is 3. The molecule has 5 nitrogen and oxygen atoms in total. The summed E-state index contributed by atoms with van der Waals surface area (Å²) in [4.78, 5) is 17.2. The number of hydrogen-bond donors (Lipinski definition) is 1. The van der Waals surface area contributed by atoms with Crippen molar-refractivity contribution in [1.82, 2.24) is 9.36 Å². The van der Waals surface area contributed by atoms with Crippen LogP contribution in [0.2, 0.25) is 0 Å². The Morgan fingerprint density at radius 2 is 1.95 bits per heavy atom. The van der Waals surface area contributed by atoms with E-state index in [1.807, 2.05) is 25.8 Å². The second kappa shape index (κ2) is 5.36. The van der Waals surface area contributed by atoms with Crippen molar-refractivity contribution in [2.45, 2.75) is 19.8 Å². The molecule has 0 spiro atoms. The second-order valence-corrected chi connectivity index (χ2v) is 5.23. The zero-order valence-electron chi connectivity index (χ0n) is 11.0. The Labute approximate surface area is 115 Å². The fraction of sp³-hybridized carbons (Fsp3) is 0.308. The molecule has 0 aliphatic heterocycles. The van der Waals surface area contributed by atoms with Crippen LogP contribution in [0.5, 0.6) is 0 Å². The zero-order chi connectivity index (χ0) is 14.0. The van der Waals surface area contributed by atoms with Crippen LogP contribution in [0.3, 0.4) is 0 Å². The molecule has 0 aliphatic rings. The van der Waals surface area contributed by atoms with Gasteiger partial charge in [-0.3, -0.25) is 0 Å². The lowest BCUT2D eigenvalue weighted by Gasteiger charge is -2.15. The standard InChI is InChI=1S/C13H15N3O2S/c1-8(2)11-14-13(19-15-11)16(3)10-6-4-9(5-7-10)12(17)18/h4-8H,1-3H3,(H,17,18). The van der Waals surface area contributed by atoms with Gasteiger partial charge in [-0.25, -0.2) is 9.78 Å². The van der Waals surface area contributed by atoms with Gasteiger partial charge in [-0.05, 0) is 24.3 Å². The Balaban J connectivity index is 2.22. The van der Waals surface area contributed by atoms with Crippen LogP contribution in [-0.4, -0.2) is 27.5 Å². The lowest BCUT2D eigenvalue weighted by atomic mass is 10.2. The summed E-state index contributed by atoms with van der Waals surface area (Å²) >= 11 is 1.34. The van der Waals surface area contributed by atoms with E-state index in [0.29, 0.717) is 5.92 Å². The molecule has 1 aromatic heterocycles. The van der Waals surface area contributed by atoms with Gasteiger partial charge in [0.25, 0.3) is 0 Å². The minimum atomic E-state index is -0.924. The van der Waals surface area contributed by atoms with Crippen molar-refractivity contribution in [3.8, 4) is 0 Å². The second-order valence-electron chi connectivity index (χ2n) is 4.50. The summed E-state index contributed by atoms with van der Waals surface area (Å²) in [6.45, 7) is 4.10. The molecule has 0 unspecified atom stereocenters. The molecule has 0 amide bonds. The molecule has 100 valence electrons. The summed E-state index contributed by atoms with van der Waals surface area (Å²) in [5.41, 5.74) is 1.16. The van der Waals surface area contributed by atoms with E-state index in [9.17, 15) is 4.79 Å². The summed E-state index contributed by atoms with van der Waals surface area (Å²) in [6, 6.07) is 6.69. The molecule has 0 saturated heterocycles. The van der Waals surface area contributed by atoms with Crippen molar-refractivity contribution in [3.63, 3.8) is 0 Å². The Kier molecular flexibility index (Phi) is 3.80. The first-order valence-corrected chi connectivity index (χ1v) is 6.67. The molecular weight excluding hydrogens is 262 g/mol. The van der Waals surface area contributed by atoms with E-state index in [0.717, 1.165) is 16.6 Å². The minimum Gasteiger partial charge on any atom is -0.478 e. The van der Waals surface area contributed by atoms with Gasteiger partial charge >= 0.3 is 5.97 Å². The van der Waals surface area contributed by atoms with Gasteiger partial charge in [0.2, 0.25) is 5.13 Å². The van der Waals surface area contributed by atoms with Crippen LogP contribution in [0.25, 0.3) is 0 Å². The molecule has 1 aromatic carbocycles. The van der Waals surface area contributed by atoms with Gasteiger partial charge in [-0.15, -0.1) is 0 Å². The third-order valence-corrected chi connectivity index (χ3v) is 3.54. The van der Waals surface area contributed by atoms with E-state index < -0.39 is 5.97 Å². The minimum absolute atomic E-state index is 0.275. The molecule has 0 aliphatic carbocycles. The SMILES string of the molecule is CC(C)c1nsc(N(C)c2ccc(C(=O)O)cc2)n1. The Morgan fingerprint density at radius 3 is 2.42 bits per heavy atom. The monoisotopic (exact) mass is 277 g/mol. The highest BCUT2D eigenvalue weighted by atomic mass is 32.1. The van der Waals surface area contributed by atoms with Crippen molar-refractivity contribution in [2.24, 2.45) is 0 Å². The molecule has 0 saturated carbocycles. The smallest absolute Gasteiger partial charge is 0.335 e. The summed E-state index contributed by atoms with van der Waals surface area (Å²) in [7, 11) is 1.89. The molecule has 2 aromatic rings. The highest BCUT2D eigenvalue weighted by Gasteiger charge is 2.13. The van der Waals surface area contributed by atoms with E-state index in [1.165, 1.54) is 11.5 Å². The summed E-state index contributed by atoms with van der Waals surface area (Å²) < 4.78 is 4.30. The highest BCUT2D eigenvalue weighted by Crippen LogP contribution is 2.27. The molecule has 19 heavy (non-hydrogen) atoms. The Bertz CT molecular complexity index is 578. The summed E-state index contributed by atoms with van der Waals surface area (Å²) in [6.07, 6.45) is 0. The number of carboxylic acid groups (broad SMARTS) is 1. The van der Waals surface area contributed by atoms with E-state index in [2.05, 4.69) is 9.36 Å². The van der Waals surface area contributed by atoms with Crippen LogP contribution in [-0.2, 0) is 0 Å². The maximum absolute atomic E-state index is 10.8. The Morgan fingerprint density at radius 1 is 1.32 bits per heavy atom. The lowest BCUT2D eigenvalue weighted by molar-refractivity contribution is 0.0697. The maximum Gasteiger partial charge on any atom is 0.335 e. The molecule has 0 atom stereocenters. The van der Waals surface area contributed by atoms with E-state index >= 15 is 0 Å². The molecule has 0 fully saturated rings. The highest BCUT2D eigenvalue weighted by molar-refractivity contribution is 7.09. The average Bonchev–Trinajstić information content (AvgIpc) is 2.87. The maximum atomic E-state index is 10.8. The fourth-order valence-electron chi connectivity index (χ4n) is 1.54.